The molecule has 19 heavy (non-hydrogen) atoms. The van der Waals surface area contributed by atoms with E-state index in [2.05, 4.69) is 13.8 Å². The molecule has 2 saturated carbocycles. The lowest BCUT2D eigenvalue weighted by atomic mass is 9.69. The number of rotatable bonds is 6. The highest BCUT2D eigenvalue weighted by atomic mass is 14.3. The van der Waals surface area contributed by atoms with E-state index in [4.69, 9.17) is 0 Å². The van der Waals surface area contributed by atoms with Crippen LogP contribution in [0.15, 0.2) is 0 Å². The number of hydrogen-bond acceptors (Lipinski definition) is 0. The normalized spacial score (nSPS) is 36.3. The minimum atomic E-state index is 0.770. The SMILES string of the molecule is [CH2]C1CCC([C@H]2CC[C@H](CCCCCC)CC2)CC1. The summed E-state index contributed by atoms with van der Waals surface area (Å²) in [7, 11) is 0. The molecule has 0 atom stereocenters. The van der Waals surface area contributed by atoms with Crippen LogP contribution in [0.25, 0.3) is 0 Å². The first kappa shape index (κ1) is 15.4. The Labute approximate surface area is 121 Å². The second kappa shape index (κ2) is 8.32. The molecule has 0 nitrogen and oxygen atoms in total. The zero-order valence-corrected chi connectivity index (χ0v) is 13.2. The van der Waals surface area contributed by atoms with Crippen molar-refractivity contribution in [3.05, 3.63) is 6.92 Å². The molecule has 0 bridgehead atoms. The third-order valence-electron chi connectivity index (χ3n) is 5.92. The Kier molecular flexibility index (Phi) is 6.74. The Hall–Kier alpha value is 0. The summed E-state index contributed by atoms with van der Waals surface area (Å²) in [6.45, 7) is 6.55. The van der Waals surface area contributed by atoms with E-state index in [-0.39, 0.29) is 0 Å². The van der Waals surface area contributed by atoms with E-state index in [9.17, 15) is 0 Å². The van der Waals surface area contributed by atoms with Gasteiger partial charge >= 0.3 is 0 Å². The maximum absolute atomic E-state index is 4.24. The molecule has 2 aliphatic rings. The molecular weight excluding hydrogens is 228 g/mol. The fourth-order valence-corrected chi connectivity index (χ4v) is 4.47. The molecule has 2 rings (SSSR count). The van der Waals surface area contributed by atoms with Gasteiger partial charge in [-0.3, -0.25) is 0 Å². The molecule has 0 heterocycles. The van der Waals surface area contributed by atoms with Crippen LogP contribution in [0, 0.1) is 30.6 Å². The van der Waals surface area contributed by atoms with Crippen LogP contribution in [0.5, 0.6) is 0 Å². The van der Waals surface area contributed by atoms with E-state index in [1.165, 1.54) is 57.8 Å². The monoisotopic (exact) mass is 263 g/mol. The van der Waals surface area contributed by atoms with Crippen molar-refractivity contribution in [3.8, 4) is 0 Å². The van der Waals surface area contributed by atoms with Crippen molar-refractivity contribution in [2.24, 2.45) is 23.7 Å². The lowest BCUT2D eigenvalue weighted by Crippen LogP contribution is -2.25. The molecule has 2 fully saturated rings. The highest BCUT2D eigenvalue weighted by molar-refractivity contribution is 4.82. The van der Waals surface area contributed by atoms with Gasteiger partial charge in [-0.2, -0.15) is 0 Å². The van der Waals surface area contributed by atoms with Gasteiger partial charge in [0.15, 0.2) is 0 Å². The molecular formula is C19H35. The fourth-order valence-electron chi connectivity index (χ4n) is 4.47. The molecule has 0 aromatic heterocycles. The molecule has 0 aliphatic heterocycles. The first-order chi connectivity index (χ1) is 9.29. The van der Waals surface area contributed by atoms with Crippen LogP contribution in [0.2, 0.25) is 0 Å². The Bertz CT molecular complexity index is 216. The highest BCUT2D eigenvalue weighted by Crippen LogP contribution is 2.42. The minimum Gasteiger partial charge on any atom is -0.0654 e. The van der Waals surface area contributed by atoms with Crippen LogP contribution < -0.4 is 0 Å². The van der Waals surface area contributed by atoms with Crippen molar-refractivity contribution < 1.29 is 0 Å². The van der Waals surface area contributed by atoms with Crippen molar-refractivity contribution in [1.29, 1.82) is 0 Å². The number of unbranched alkanes of at least 4 members (excludes halogenated alkanes) is 3. The van der Waals surface area contributed by atoms with E-state index in [1.54, 1.807) is 25.7 Å². The fraction of sp³-hybridized carbons (Fsp3) is 0.947. The first-order valence-electron chi connectivity index (χ1n) is 9.12. The van der Waals surface area contributed by atoms with Gasteiger partial charge in [0.2, 0.25) is 0 Å². The molecule has 0 spiro atoms. The summed E-state index contributed by atoms with van der Waals surface area (Å²) < 4.78 is 0. The van der Waals surface area contributed by atoms with Gasteiger partial charge in [-0.15, -0.1) is 0 Å². The van der Waals surface area contributed by atoms with Crippen molar-refractivity contribution in [2.45, 2.75) is 90.4 Å². The lowest BCUT2D eigenvalue weighted by molar-refractivity contribution is 0.151. The van der Waals surface area contributed by atoms with Crippen LogP contribution in [0.1, 0.15) is 90.4 Å². The quantitative estimate of drug-likeness (QED) is 0.486. The predicted molar refractivity (Wildman–Crippen MR) is 85.0 cm³/mol. The van der Waals surface area contributed by atoms with Crippen molar-refractivity contribution in [1.82, 2.24) is 0 Å². The van der Waals surface area contributed by atoms with Crippen LogP contribution in [0.3, 0.4) is 0 Å². The Morgan fingerprint density at radius 1 is 0.737 bits per heavy atom. The third-order valence-corrected chi connectivity index (χ3v) is 5.92. The third kappa shape index (κ3) is 5.12. The summed E-state index contributed by atoms with van der Waals surface area (Å²) in [6.07, 6.45) is 19.3. The van der Waals surface area contributed by atoms with Crippen molar-refractivity contribution in [3.63, 3.8) is 0 Å². The van der Waals surface area contributed by atoms with E-state index < -0.39 is 0 Å². The lowest BCUT2D eigenvalue weighted by Gasteiger charge is -2.37. The second-order valence-corrected chi connectivity index (χ2v) is 7.41. The topological polar surface area (TPSA) is 0 Å². The van der Waals surface area contributed by atoms with Gasteiger partial charge in [-0.25, -0.2) is 0 Å². The average Bonchev–Trinajstić information content (AvgIpc) is 2.45. The summed E-state index contributed by atoms with van der Waals surface area (Å²) >= 11 is 0. The summed E-state index contributed by atoms with van der Waals surface area (Å²) in [5.41, 5.74) is 0. The second-order valence-electron chi connectivity index (χ2n) is 7.41. The van der Waals surface area contributed by atoms with Gasteiger partial charge in [0, 0.05) is 0 Å². The van der Waals surface area contributed by atoms with E-state index >= 15 is 0 Å². The van der Waals surface area contributed by atoms with Gasteiger partial charge in [0.1, 0.15) is 0 Å². The van der Waals surface area contributed by atoms with E-state index in [0.717, 1.165) is 23.7 Å². The van der Waals surface area contributed by atoms with Crippen LogP contribution in [-0.2, 0) is 0 Å². The van der Waals surface area contributed by atoms with Crippen molar-refractivity contribution in [2.75, 3.05) is 0 Å². The summed E-state index contributed by atoms with van der Waals surface area (Å²) in [5.74, 6) is 4.00. The molecule has 0 unspecified atom stereocenters. The maximum Gasteiger partial charge on any atom is -0.0386 e. The van der Waals surface area contributed by atoms with Gasteiger partial charge in [-0.05, 0) is 49.4 Å². The Morgan fingerprint density at radius 3 is 1.89 bits per heavy atom. The van der Waals surface area contributed by atoms with E-state index in [0.29, 0.717) is 0 Å². The largest absolute Gasteiger partial charge is 0.0654 e. The molecule has 0 N–H and O–H groups in total. The van der Waals surface area contributed by atoms with Crippen LogP contribution in [-0.4, -0.2) is 0 Å². The Balaban J connectivity index is 1.59. The molecule has 0 aromatic rings. The molecule has 0 aromatic carbocycles. The van der Waals surface area contributed by atoms with Gasteiger partial charge in [0.05, 0.1) is 0 Å². The van der Waals surface area contributed by atoms with Gasteiger partial charge in [0.25, 0.3) is 0 Å². The molecule has 1 radical (unpaired) electrons. The highest BCUT2D eigenvalue weighted by Gasteiger charge is 2.29. The van der Waals surface area contributed by atoms with Crippen LogP contribution in [0.4, 0.5) is 0 Å². The van der Waals surface area contributed by atoms with Crippen LogP contribution >= 0.6 is 0 Å². The zero-order chi connectivity index (χ0) is 13.5. The summed E-state index contributed by atoms with van der Waals surface area (Å²) in [5, 5.41) is 0. The summed E-state index contributed by atoms with van der Waals surface area (Å²) in [6, 6.07) is 0. The van der Waals surface area contributed by atoms with Gasteiger partial charge < -0.3 is 0 Å². The number of hydrogen-bond donors (Lipinski definition) is 0. The maximum atomic E-state index is 4.24. The smallest absolute Gasteiger partial charge is 0.0386 e. The molecule has 0 saturated heterocycles. The molecule has 0 heteroatoms. The van der Waals surface area contributed by atoms with Crippen molar-refractivity contribution >= 4 is 0 Å². The standard InChI is InChI=1S/C19H35/c1-3-4-5-6-7-17-10-14-19(15-11-17)18-12-8-16(2)9-13-18/h16-19H,2-15H2,1H3/t16?,17-,18?,19-. The summed E-state index contributed by atoms with van der Waals surface area (Å²) in [4.78, 5) is 0. The first-order valence-corrected chi connectivity index (χ1v) is 9.12. The zero-order valence-electron chi connectivity index (χ0n) is 13.2. The minimum absolute atomic E-state index is 0.770. The average molecular weight is 263 g/mol. The molecule has 111 valence electrons. The predicted octanol–water partition coefficient (Wildman–Crippen LogP) is 6.40. The van der Waals surface area contributed by atoms with E-state index in [1.807, 2.05) is 0 Å². The molecule has 0 amide bonds. The Morgan fingerprint density at radius 2 is 1.32 bits per heavy atom. The molecule has 2 aliphatic carbocycles. The van der Waals surface area contributed by atoms with Gasteiger partial charge in [-0.1, -0.05) is 71.6 Å².